The third-order valence-corrected chi connectivity index (χ3v) is 9.44. The monoisotopic (exact) mass is 705 g/mol. The number of pyridine rings is 1. The summed E-state index contributed by atoms with van der Waals surface area (Å²) in [6, 6.07) is 11.0. The van der Waals surface area contributed by atoms with Crippen molar-refractivity contribution in [1.82, 2.24) is 9.88 Å². The number of thioether (sulfide) groups is 1. The quantitative estimate of drug-likeness (QED) is 0.0900. The number of carbonyl (C=O) groups excluding carboxylic acids is 2. The molecule has 2 fully saturated rings. The Bertz CT molecular complexity index is 1740. The number of nitrogens with zero attached hydrogens (tertiary/aromatic N) is 3. The fourth-order valence-electron chi connectivity index (χ4n) is 5.06. The molecule has 0 bridgehead atoms. The summed E-state index contributed by atoms with van der Waals surface area (Å²) in [5, 5.41) is 11.0. The second-order valence-corrected chi connectivity index (χ2v) is 12.9. The highest BCUT2D eigenvalue weighted by Crippen LogP contribution is 2.39. The van der Waals surface area contributed by atoms with Crippen LogP contribution in [0.1, 0.15) is 40.4 Å². The van der Waals surface area contributed by atoms with Gasteiger partial charge in [0.1, 0.15) is 16.1 Å². The van der Waals surface area contributed by atoms with Crippen molar-refractivity contribution in [3.05, 3.63) is 99.4 Å². The van der Waals surface area contributed by atoms with Gasteiger partial charge in [-0.2, -0.15) is 13.5 Å². The number of esters is 1. The average molecular weight is 707 g/mol. The van der Waals surface area contributed by atoms with Crippen molar-refractivity contribution in [1.29, 1.82) is 0 Å². The Morgan fingerprint density at radius 3 is 2.62 bits per heavy atom. The van der Waals surface area contributed by atoms with E-state index < -0.39 is 24.1 Å². The molecule has 0 spiro atoms. The zero-order chi connectivity index (χ0) is 33.1. The minimum atomic E-state index is -3.09. The SMILES string of the molecule is O=C(OC(Cc1c(Cl)c[n+]([O-])cc1Cl)c1ccc(OC(F)F)c(OCC2CC2)c1)[C@@H]1SCCN1C(=O)c1cccc(-c2cnco2)c1. The van der Waals surface area contributed by atoms with Crippen molar-refractivity contribution in [2.24, 2.45) is 5.92 Å². The van der Waals surface area contributed by atoms with Crippen molar-refractivity contribution < 1.29 is 41.7 Å². The highest BCUT2D eigenvalue weighted by Gasteiger charge is 2.38. The highest BCUT2D eigenvalue weighted by molar-refractivity contribution is 8.00. The van der Waals surface area contributed by atoms with E-state index >= 15 is 0 Å². The van der Waals surface area contributed by atoms with Crippen LogP contribution in [0.4, 0.5) is 8.78 Å². The Labute approximate surface area is 282 Å². The molecule has 47 heavy (non-hydrogen) atoms. The second kappa shape index (κ2) is 14.4. The van der Waals surface area contributed by atoms with Gasteiger partial charge in [0.15, 0.2) is 41.4 Å². The third kappa shape index (κ3) is 7.91. The van der Waals surface area contributed by atoms with Crippen LogP contribution in [0.2, 0.25) is 10.0 Å². The number of oxazole rings is 1. The number of hydrogen-bond acceptors (Lipinski definition) is 9. The summed E-state index contributed by atoms with van der Waals surface area (Å²) in [4.78, 5) is 32.8. The van der Waals surface area contributed by atoms with E-state index in [1.54, 1.807) is 24.3 Å². The lowest BCUT2D eigenvalue weighted by atomic mass is 10.0. The Balaban J connectivity index is 1.28. The molecule has 2 aromatic heterocycles. The molecule has 1 saturated carbocycles. The number of aromatic nitrogens is 2. The summed E-state index contributed by atoms with van der Waals surface area (Å²) in [6.07, 6.45) is 5.84. The number of amides is 1. The van der Waals surface area contributed by atoms with Crippen LogP contribution in [0.15, 0.2) is 71.9 Å². The van der Waals surface area contributed by atoms with Gasteiger partial charge in [0, 0.05) is 35.4 Å². The van der Waals surface area contributed by atoms with Gasteiger partial charge in [-0.15, -0.1) is 11.8 Å². The summed E-state index contributed by atoms with van der Waals surface area (Å²) in [7, 11) is 0. The Kier molecular flexibility index (Phi) is 10.0. The van der Waals surface area contributed by atoms with Crippen LogP contribution in [-0.4, -0.2) is 52.7 Å². The zero-order valence-electron chi connectivity index (χ0n) is 24.5. The molecule has 4 aromatic rings. The molecule has 1 aliphatic carbocycles. The van der Waals surface area contributed by atoms with E-state index in [1.165, 1.54) is 47.5 Å². The molecule has 2 aliphatic rings. The van der Waals surface area contributed by atoms with Crippen molar-refractivity contribution >= 4 is 46.8 Å². The molecular weight excluding hydrogens is 679 g/mol. The molecule has 10 nitrogen and oxygen atoms in total. The topological polar surface area (TPSA) is 118 Å². The Morgan fingerprint density at radius 1 is 1.13 bits per heavy atom. The first-order valence-electron chi connectivity index (χ1n) is 14.6. The van der Waals surface area contributed by atoms with Crippen LogP contribution in [0, 0.1) is 11.1 Å². The van der Waals surface area contributed by atoms with Crippen LogP contribution in [0.25, 0.3) is 11.3 Å². The van der Waals surface area contributed by atoms with Gasteiger partial charge in [0.2, 0.25) is 0 Å². The predicted octanol–water partition coefficient (Wildman–Crippen LogP) is 6.71. The van der Waals surface area contributed by atoms with E-state index in [-0.39, 0.29) is 33.9 Å². The molecule has 2 atom stereocenters. The maximum absolute atomic E-state index is 13.8. The van der Waals surface area contributed by atoms with Crippen molar-refractivity contribution in [2.75, 3.05) is 18.9 Å². The summed E-state index contributed by atoms with van der Waals surface area (Å²) < 4.78 is 48.8. The fraction of sp³-hybridized carbons (Fsp3) is 0.312. The summed E-state index contributed by atoms with van der Waals surface area (Å²) in [5.74, 6) is 0.0647. The molecule has 0 N–H and O–H groups in total. The predicted molar refractivity (Wildman–Crippen MR) is 168 cm³/mol. The van der Waals surface area contributed by atoms with Crippen molar-refractivity contribution in [2.45, 2.75) is 37.4 Å². The summed E-state index contributed by atoms with van der Waals surface area (Å²) in [5.41, 5.74) is 1.69. The van der Waals surface area contributed by atoms with Gasteiger partial charge < -0.3 is 28.7 Å². The van der Waals surface area contributed by atoms with Gasteiger partial charge in [-0.1, -0.05) is 41.4 Å². The molecule has 246 valence electrons. The minimum Gasteiger partial charge on any atom is -0.619 e. The van der Waals surface area contributed by atoms with E-state index in [9.17, 15) is 23.6 Å². The molecule has 1 unspecified atom stereocenters. The fourth-order valence-corrected chi connectivity index (χ4v) is 6.76. The van der Waals surface area contributed by atoms with E-state index in [0.717, 1.165) is 25.2 Å². The first-order chi connectivity index (χ1) is 22.7. The van der Waals surface area contributed by atoms with Crippen molar-refractivity contribution in [3.63, 3.8) is 0 Å². The zero-order valence-corrected chi connectivity index (χ0v) is 26.9. The first kappa shape index (κ1) is 32.9. The van der Waals surface area contributed by atoms with Gasteiger partial charge in [-0.25, -0.2) is 9.78 Å². The van der Waals surface area contributed by atoms with Crippen LogP contribution < -0.4 is 14.2 Å². The molecule has 1 saturated heterocycles. The number of carbonyl (C=O) groups is 2. The average Bonchev–Trinajstić information content (AvgIpc) is 3.47. The number of rotatable bonds is 12. The molecule has 2 aromatic carbocycles. The second-order valence-electron chi connectivity index (χ2n) is 10.9. The molecule has 3 heterocycles. The maximum atomic E-state index is 13.8. The van der Waals surface area contributed by atoms with Gasteiger partial charge in [0.25, 0.3) is 5.91 Å². The molecule has 0 radical (unpaired) electrons. The summed E-state index contributed by atoms with van der Waals surface area (Å²) >= 11 is 14.0. The van der Waals surface area contributed by atoms with E-state index in [1.807, 2.05) is 0 Å². The summed E-state index contributed by atoms with van der Waals surface area (Å²) in [6.45, 7) is -2.49. The molecule has 6 rings (SSSR count). The first-order valence-corrected chi connectivity index (χ1v) is 16.4. The van der Waals surface area contributed by atoms with Gasteiger partial charge in [0.05, 0.1) is 12.8 Å². The standard InChI is InChI=1S/C32H27Cl2F2N3O7S/c33-23-14-38(42)15-24(34)22(23)12-26(20-6-7-25(46-32(35)36)27(11-20)43-16-18-4-5-18)45-31(41)30-39(8-9-47-30)29(40)21-3-1-2-19(10-21)28-13-37-17-44-28/h1-3,6-7,10-11,13-15,17-18,26,30,32H,4-5,8-9,12,16H2/t26?,30-/m0/s1. The largest absolute Gasteiger partial charge is 0.619 e. The number of halogens is 4. The Morgan fingerprint density at radius 2 is 1.91 bits per heavy atom. The third-order valence-electron chi connectivity index (χ3n) is 7.61. The lowest BCUT2D eigenvalue weighted by molar-refractivity contribution is -0.605. The van der Waals surface area contributed by atoms with Crippen LogP contribution in [-0.2, 0) is 16.0 Å². The van der Waals surface area contributed by atoms with Crippen LogP contribution >= 0.6 is 35.0 Å². The van der Waals surface area contributed by atoms with Gasteiger partial charge in [-0.3, -0.25) is 4.79 Å². The lowest BCUT2D eigenvalue weighted by Crippen LogP contribution is -2.40. The molecular formula is C32H27Cl2F2N3O7S. The minimum absolute atomic E-state index is 0.0371. The van der Waals surface area contributed by atoms with E-state index in [2.05, 4.69) is 9.72 Å². The van der Waals surface area contributed by atoms with Crippen LogP contribution in [0.3, 0.4) is 0 Å². The van der Waals surface area contributed by atoms with Gasteiger partial charge >= 0.3 is 12.6 Å². The highest BCUT2D eigenvalue weighted by atomic mass is 35.5. The van der Waals surface area contributed by atoms with E-state index in [4.69, 9.17) is 37.1 Å². The van der Waals surface area contributed by atoms with Crippen LogP contribution in [0.5, 0.6) is 11.5 Å². The Hall–Kier alpha value is -4.07. The van der Waals surface area contributed by atoms with Crippen molar-refractivity contribution in [3.8, 4) is 22.8 Å². The van der Waals surface area contributed by atoms with Gasteiger partial charge in [-0.05, 0) is 48.6 Å². The molecule has 1 amide bonds. The normalized spacial score (nSPS) is 16.7. The maximum Gasteiger partial charge on any atom is 0.387 e. The molecule has 1 aliphatic heterocycles. The molecule has 15 heteroatoms. The van der Waals surface area contributed by atoms with E-state index in [0.29, 0.717) is 57.6 Å². The number of hydrogen-bond donors (Lipinski definition) is 0. The lowest BCUT2D eigenvalue weighted by Gasteiger charge is -2.26. The number of ether oxygens (including phenoxy) is 3. The number of alkyl halides is 2. The smallest absolute Gasteiger partial charge is 0.387 e. The number of benzene rings is 2.